The molecule has 7 aromatic carbocycles. The van der Waals surface area contributed by atoms with Crippen LogP contribution in [0.2, 0.25) is 0 Å². The van der Waals surface area contributed by atoms with Gasteiger partial charge in [0, 0.05) is 0 Å². The van der Waals surface area contributed by atoms with Crippen LogP contribution in [0.5, 0.6) is 0 Å². The van der Waals surface area contributed by atoms with Crippen LogP contribution < -0.4 is 0 Å². The maximum atomic E-state index is 2.40. The molecule has 0 nitrogen and oxygen atoms in total. The summed E-state index contributed by atoms with van der Waals surface area (Å²) in [6, 6.07) is 38.2. The van der Waals surface area contributed by atoms with Gasteiger partial charge in [0.15, 0.2) is 0 Å². The highest BCUT2D eigenvalue weighted by molar-refractivity contribution is 6.39. The van der Waals surface area contributed by atoms with E-state index in [0.717, 1.165) is 0 Å². The molecule has 0 spiro atoms. The molecule has 7 rings (SSSR count). The number of rotatable bonds is 1. The molecule has 0 saturated heterocycles. The van der Waals surface area contributed by atoms with Crippen molar-refractivity contribution >= 4 is 53.9 Å². The van der Waals surface area contributed by atoms with E-state index in [0.29, 0.717) is 0 Å². The molecule has 0 amide bonds. The van der Waals surface area contributed by atoms with Crippen LogP contribution in [-0.2, 0) is 0 Å². The molecular weight excluding hydrogens is 372 g/mol. The van der Waals surface area contributed by atoms with E-state index in [2.05, 4.69) is 110 Å². The van der Waals surface area contributed by atoms with Gasteiger partial charge in [0.1, 0.15) is 0 Å². The molecule has 0 heteroatoms. The fraction of sp³-hybridized carbons (Fsp3) is 0.0323. The molecule has 0 atom stereocenters. The monoisotopic (exact) mass is 392 g/mol. The van der Waals surface area contributed by atoms with E-state index in [4.69, 9.17) is 0 Å². The van der Waals surface area contributed by atoms with Gasteiger partial charge in [-0.3, -0.25) is 0 Å². The van der Waals surface area contributed by atoms with E-state index in [1.165, 1.54) is 70.6 Å². The minimum absolute atomic E-state index is 1.28. The highest BCUT2D eigenvalue weighted by Crippen LogP contribution is 2.46. The molecule has 0 aliphatic heterocycles. The Morgan fingerprint density at radius 1 is 0.419 bits per heavy atom. The van der Waals surface area contributed by atoms with Crippen LogP contribution in [-0.4, -0.2) is 0 Å². The van der Waals surface area contributed by atoms with Crippen LogP contribution in [0.3, 0.4) is 0 Å². The van der Waals surface area contributed by atoms with Crippen molar-refractivity contribution in [2.24, 2.45) is 0 Å². The summed E-state index contributed by atoms with van der Waals surface area (Å²) >= 11 is 0. The van der Waals surface area contributed by atoms with Crippen molar-refractivity contribution in [2.45, 2.75) is 6.92 Å². The standard InChI is InChI=1S/C31H20/c1-19-13-15-20(16-14-19)28-18-22-17-21-7-2-3-8-23(21)30-25-10-5-4-9-24(25)26-11-6-12-27(28)31(26)29(22)30/h2-18H,1H3. The Bertz CT molecular complexity index is 1770. The van der Waals surface area contributed by atoms with Gasteiger partial charge in [-0.1, -0.05) is 96.6 Å². The van der Waals surface area contributed by atoms with Gasteiger partial charge < -0.3 is 0 Å². The number of fused-ring (bicyclic) bond motifs is 5. The topological polar surface area (TPSA) is 0 Å². The molecule has 0 heterocycles. The van der Waals surface area contributed by atoms with Crippen LogP contribution >= 0.6 is 0 Å². The van der Waals surface area contributed by atoms with Gasteiger partial charge in [-0.05, 0) is 84.0 Å². The minimum Gasteiger partial charge on any atom is -0.0616 e. The molecule has 0 fully saturated rings. The van der Waals surface area contributed by atoms with Gasteiger partial charge in [-0.25, -0.2) is 0 Å². The van der Waals surface area contributed by atoms with Crippen molar-refractivity contribution in [3.63, 3.8) is 0 Å². The summed E-state index contributed by atoms with van der Waals surface area (Å²) in [6.45, 7) is 2.15. The smallest absolute Gasteiger partial charge is 0.00134 e. The first-order chi connectivity index (χ1) is 15.3. The summed E-state index contributed by atoms with van der Waals surface area (Å²) in [5.41, 5.74) is 3.88. The largest absolute Gasteiger partial charge is 0.0616 e. The lowest BCUT2D eigenvalue weighted by molar-refractivity contribution is 1.47. The van der Waals surface area contributed by atoms with Gasteiger partial charge in [-0.2, -0.15) is 0 Å². The fourth-order valence-corrected chi connectivity index (χ4v) is 5.44. The SMILES string of the molecule is Cc1ccc(-c2cc3cc4ccccc4c4c5ccccc5c5cccc2c5c34)cc1. The molecule has 31 heavy (non-hydrogen) atoms. The lowest BCUT2D eigenvalue weighted by Crippen LogP contribution is -1.91. The maximum Gasteiger partial charge on any atom is -0.00134 e. The molecule has 0 aliphatic rings. The first-order valence-corrected chi connectivity index (χ1v) is 10.9. The summed E-state index contributed by atoms with van der Waals surface area (Å²) in [7, 11) is 0. The highest BCUT2D eigenvalue weighted by Gasteiger charge is 2.18. The number of aryl methyl sites for hydroxylation is 1. The minimum atomic E-state index is 1.28. The number of hydrogen-bond acceptors (Lipinski definition) is 0. The Balaban J connectivity index is 1.83. The number of benzene rings is 7. The molecular formula is C31H20. The zero-order chi connectivity index (χ0) is 20.5. The third-order valence-electron chi connectivity index (χ3n) is 6.83. The zero-order valence-corrected chi connectivity index (χ0v) is 17.3. The fourth-order valence-electron chi connectivity index (χ4n) is 5.44. The quantitative estimate of drug-likeness (QED) is 0.193. The third-order valence-corrected chi connectivity index (χ3v) is 6.83. The van der Waals surface area contributed by atoms with Crippen LogP contribution in [0.1, 0.15) is 5.56 Å². The molecule has 7 aromatic rings. The summed E-state index contributed by atoms with van der Waals surface area (Å²) < 4.78 is 0. The maximum absolute atomic E-state index is 2.40. The molecule has 0 radical (unpaired) electrons. The zero-order valence-electron chi connectivity index (χ0n) is 17.3. The van der Waals surface area contributed by atoms with Crippen LogP contribution in [0.25, 0.3) is 65.0 Å². The Morgan fingerprint density at radius 3 is 1.84 bits per heavy atom. The van der Waals surface area contributed by atoms with Crippen molar-refractivity contribution in [1.29, 1.82) is 0 Å². The van der Waals surface area contributed by atoms with Gasteiger partial charge in [0.25, 0.3) is 0 Å². The van der Waals surface area contributed by atoms with E-state index in [9.17, 15) is 0 Å². The van der Waals surface area contributed by atoms with Crippen molar-refractivity contribution < 1.29 is 0 Å². The molecule has 0 aromatic heterocycles. The van der Waals surface area contributed by atoms with Gasteiger partial charge in [0.2, 0.25) is 0 Å². The molecule has 0 unspecified atom stereocenters. The highest BCUT2D eigenvalue weighted by atomic mass is 14.2. The van der Waals surface area contributed by atoms with Crippen molar-refractivity contribution in [3.05, 3.63) is 109 Å². The van der Waals surface area contributed by atoms with Crippen molar-refractivity contribution in [1.82, 2.24) is 0 Å². The van der Waals surface area contributed by atoms with Crippen LogP contribution in [0.15, 0.2) is 103 Å². The predicted molar refractivity (Wildman–Crippen MR) is 135 cm³/mol. The Labute approximate surface area is 180 Å². The third kappa shape index (κ3) is 2.25. The molecule has 0 saturated carbocycles. The average molecular weight is 393 g/mol. The van der Waals surface area contributed by atoms with Crippen LogP contribution in [0.4, 0.5) is 0 Å². The molecule has 0 N–H and O–H groups in total. The summed E-state index contributed by atoms with van der Waals surface area (Å²) in [5.74, 6) is 0. The van der Waals surface area contributed by atoms with Crippen LogP contribution in [0, 0.1) is 6.92 Å². The van der Waals surface area contributed by atoms with Gasteiger partial charge >= 0.3 is 0 Å². The second kappa shape index (κ2) is 6.06. The lowest BCUT2D eigenvalue weighted by atomic mass is 9.84. The predicted octanol–water partition coefficient (Wildman–Crippen LogP) is 8.87. The molecule has 0 aliphatic carbocycles. The van der Waals surface area contributed by atoms with Gasteiger partial charge in [-0.15, -0.1) is 0 Å². The second-order valence-corrected chi connectivity index (χ2v) is 8.63. The first kappa shape index (κ1) is 16.8. The lowest BCUT2D eigenvalue weighted by Gasteiger charge is -2.19. The summed E-state index contributed by atoms with van der Waals surface area (Å²) in [5, 5.41) is 13.5. The summed E-state index contributed by atoms with van der Waals surface area (Å²) in [6.07, 6.45) is 0. The Morgan fingerprint density at radius 2 is 1.03 bits per heavy atom. The van der Waals surface area contributed by atoms with Crippen molar-refractivity contribution in [3.8, 4) is 11.1 Å². The Hall–Kier alpha value is -3.90. The second-order valence-electron chi connectivity index (χ2n) is 8.63. The normalized spacial score (nSPS) is 12.0. The van der Waals surface area contributed by atoms with E-state index in [-0.39, 0.29) is 0 Å². The average Bonchev–Trinajstić information content (AvgIpc) is 2.82. The Kier molecular flexibility index (Phi) is 3.29. The van der Waals surface area contributed by atoms with Crippen molar-refractivity contribution in [2.75, 3.05) is 0 Å². The summed E-state index contributed by atoms with van der Waals surface area (Å²) in [4.78, 5) is 0. The molecule has 0 bridgehead atoms. The first-order valence-electron chi connectivity index (χ1n) is 10.9. The molecule has 144 valence electrons. The van der Waals surface area contributed by atoms with E-state index in [1.807, 2.05) is 0 Å². The van der Waals surface area contributed by atoms with E-state index < -0.39 is 0 Å². The van der Waals surface area contributed by atoms with E-state index >= 15 is 0 Å². The van der Waals surface area contributed by atoms with E-state index in [1.54, 1.807) is 0 Å². The number of hydrogen-bond donors (Lipinski definition) is 0. The van der Waals surface area contributed by atoms with Gasteiger partial charge in [0.05, 0.1) is 0 Å².